The van der Waals surface area contributed by atoms with Gasteiger partial charge in [-0.15, -0.1) is 0 Å². The van der Waals surface area contributed by atoms with Crippen LogP contribution in [0.1, 0.15) is 137 Å². The van der Waals surface area contributed by atoms with E-state index in [1.54, 1.807) is 18.2 Å². The van der Waals surface area contributed by atoms with Crippen LogP contribution < -0.4 is 14.2 Å². The van der Waals surface area contributed by atoms with Crippen LogP contribution in [0.3, 0.4) is 0 Å². The van der Waals surface area contributed by atoms with Crippen molar-refractivity contribution in [2.24, 2.45) is 17.8 Å². The van der Waals surface area contributed by atoms with Crippen molar-refractivity contribution in [3.05, 3.63) is 35.5 Å². The third-order valence-electron chi connectivity index (χ3n) is 14.1. The Kier molecular flexibility index (Phi) is 32.5. The van der Waals surface area contributed by atoms with Crippen molar-refractivity contribution in [1.29, 1.82) is 0 Å². The molecule has 494 valence electrons. The van der Waals surface area contributed by atoms with Crippen molar-refractivity contribution in [3.63, 3.8) is 0 Å². The normalized spacial score (nSPS) is 21.1. The van der Waals surface area contributed by atoms with Gasteiger partial charge >= 0.3 is 17.9 Å². The molecule has 3 aliphatic rings. The average Bonchev–Trinajstić information content (AvgIpc) is 3.15. The van der Waals surface area contributed by atoms with Crippen LogP contribution in [-0.2, 0) is 57.2 Å². The molecule has 0 bridgehead atoms. The molecule has 29 heteroatoms. The Balaban J connectivity index is 0.000000333. The first-order valence-electron chi connectivity index (χ1n) is 29.2. The van der Waals surface area contributed by atoms with E-state index in [-0.39, 0.29) is 122 Å². The first kappa shape index (κ1) is 75.1. The molecule has 0 spiro atoms. The van der Waals surface area contributed by atoms with E-state index >= 15 is 0 Å². The first-order chi connectivity index (χ1) is 41.2. The molecule has 6 rings (SSSR count). The SMILES string of the molecule is CCOC(C)COc1cc(C(C(=O)N2C[C@H](O)C[C@H]2C(=O)OC)C(C)C)on1.CCOC(C)COc1cc([C@@H](C(=O)N2C[C@H](O)C[C@H]2C(=O)OC)C(C)C)on1.CCOC(C)COc1cc([C@H](C(=O)N2C[C@H](O)C[C@H]2C(=O)OC)C(C)C)on1.CSF. The summed E-state index contributed by atoms with van der Waals surface area (Å²) < 4.78 is 73.5. The minimum Gasteiger partial charge on any atom is -0.473 e. The van der Waals surface area contributed by atoms with Crippen LogP contribution in [0.2, 0.25) is 0 Å². The van der Waals surface area contributed by atoms with Crippen LogP contribution in [-0.4, -0.2) is 223 Å². The van der Waals surface area contributed by atoms with Gasteiger partial charge in [0.2, 0.25) is 17.7 Å². The minimum atomic E-state index is -0.806. The van der Waals surface area contributed by atoms with Crippen molar-refractivity contribution in [3.8, 4) is 17.6 Å². The number of rotatable bonds is 27. The Morgan fingerprint density at radius 3 is 0.931 bits per heavy atom. The van der Waals surface area contributed by atoms with Crippen molar-refractivity contribution in [2.75, 3.05) is 86.9 Å². The summed E-state index contributed by atoms with van der Waals surface area (Å²) in [4.78, 5) is 79.7. The van der Waals surface area contributed by atoms with E-state index in [4.69, 9.17) is 56.2 Å². The molecule has 3 saturated heterocycles. The Morgan fingerprint density at radius 1 is 0.506 bits per heavy atom. The predicted molar refractivity (Wildman–Crippen MR) is 311 cm³/mol. The van der Waals surface area contributed by atoms with Gasteiger partial charge in [-0.05, 0) is 74.8 Å². The summed E-state index contributed by atoms with van der Waals surface area (Å²) in [6, 6.07) is 2.33. The van der Waals surface area contributed by atoms with Gasteiger partial charge in [0, 0.05) is 95.3 Å². The summed E-state index contributed by atoms with van der Waals surface area (Å²) >= 11 is 0.250. The summed E-state index contributed by atoms with van der Waals surface area (Å²) in [5.74, 6) is -3.04. The molecule has 3 amide bonds. The van der Waals surface area contributed by atoms with Crippen LogP contribution >= 0.6 is 12.1 Å². The van der Waals surface area contributed by atoms with Crippen molar-refractivity contribution in [1.82, 2.24) is 30.2 Å². The smallest absolute Gasteiger partial charge is 0.328 e. The topological polar surface area (TPSA) is 334 Å². The number of esters is 3. The number of methoxy groups -OCH3 is 3. The number of β-amino-alcohol motifs (C(OH)–C–C–N with tert-alkyl or cyclic N) is 3. The largest absolute Gasteiger partial charge is 0.473 e. The molecule has 87 heavy (non-hydrogen) atoms. The molecule has 3 aromatic rings. The van der Waals surface area contributed by atoms with Crippen LogP contribution in [0.25, 0.3) is 0 Å². The van der Waals surface area contributed by atoms with E-state index in [9.17, 15) is 48.0 Å². The lowest BCUT2D eigenvalue weighted by atomic mass is 9.91. The zero-order valence-electron chi connectivity index (χ0n) is 53.0. The molecular weight excluding hydrogens is 1170 g/mol. The van der Waals surface area contributed by atoms with Gasteiger partial charge in [-0.3, -0.25) is 14.4 Å². The highest BCUT2D eigenvalue weighted by atomic mass is 32.2. The van der Waals surface area contributed by atoms with Gasteiger partial charge in [0.25, 0.3) is 17.6 Å². The van der Waals surface area contributed by atoms with Crippen LogP contribution in [0.4, 0.5) is 3.89 Å². The molecule has 3 aromatic heterocycles. The molecule has 0 aromatic carbocycles. The van der Waals surface area contributed by atoms with E-state index in [0.717, 1.165) is 0 Å². The number of likely N-dealkylation sites (tertiary alicyclic amines) is 3. The van der Waals surface area contributed by atoms with Crippen LogP contribution in [0.5, 0.6) is 17.6 Å². The van der Waals surface area contributed by atoms with Gasteiger partial charge < -0.3 is 86.2 Å². The summed E-state index contributed by atoms with van der Waals surface area (Å²) in [6.45, 7) is 25.5. The second-order valence-corrected chi connectivity index (χ2v) is 22.3. The van der Waals surface area contributed by atoms with Gasteiger partial charge in [-0.25, -0.2) is 14.4 Å². The van der Waals surface area contributed by atoms with Crippen molar-refractivity contribution >= 4 is 47.8 Å². The van der Waals surface area contributed by atoms with Crippen molar-refractivity contribution in [2.45, 2.75) is 175 Å². The maximum atomic E-state index is 13.2. The highest BCUT2D eigenvalue weighted by molar-refractivity contribution is 7.93. The third-order valence-corrected chi connectivity index (χ3v) is 14.1. The Hall–Kier alpha value is -6.11. The lowest BCUT2D eigenvalue weighted by molar-refractivity contribution is -0.152. The first-order valence-corrected chi connectivity index (χ1v) is 30.3. The molecule has 0 radical (unpaired) electrons. The average molecular weight is 1260 g/mol. The van der Waals surface area contributed by atoms with Crippen LogP contribution in [0.15, 0.2) is 31.8 Å². The fraction of sp³-hybridized carbons (Fsp3) is 0.741. The van der Waals surface area contributed by atoms with Gasteiger partial charge in [0.05, 0.1) is 58.0 Å². The Labute approximate surface area is 513 Å². The second kappa shape index (κ2) is 37.7. The molecular formula is C58H93FN6O21S. The zero-order chi connectivity index (χ0) is 65.2. The number of hydrogen-bond acceptors (Lipinski definition) is 25. The number of amides is 3. The van der Waals surface area contributed by atoms with E-state index < -0.39 is 72.1 Å². The number of carbonyl (C=O) groups is 6. The number of hydrogen-bond donors (Lipinski definition) is 3. The van der Waals surface area contributed by atoms with E-state index in [2.05, 4.69) is 15.5 Å². The molecule has 3 aliphatic heterocycles. The maximum absolute atomic E-state index is 13.2. The fourth-order valence-corrected chi connectivity index (χ4v) is 10.1. The Bertz CT molecular complexity index is 2280. The molecule has 6 heterocycles. The van der Waals surface area contributed by atoms with E-state index in [0.29, 0.717) is 56.9 Å². The number of ether oxygens (including phenoxy) is 9. The third kappa shape index (κ3) is 22.5. The summed E-state index contributed by atoms with van der Waals surface area (Å²) in [7, 11) is 3.79. The van der Waals surface area contributed by atoms with Gasteiger partial charge in [-0.1, -0.05) is 41.5 Å². The Morgan fingerprint density at radius 2 is 0.736 bits per heavy atom. The number of halogens is 1. The molecule has 0 aliphatic carbocycles. The molecule has 12 atom stereocenters. The standard InChI is InChI=1S/3C19H30N2O7.CH3FS/c3*1-6-26-12(4)10-27-16-8-15(28-20-16)17(11(2)3)18(23)21-9-13(22)7-14(21)19(24)25-5;1-3-2/h3*8,11-14,17,22H,6-7,9-10H2,1-5H3;1H3/t12?,13-,14+,17?;12?,13-,14+,17+;12?,13-,14+,17-;/m111./s1. The van der Waals surface area contributed by atoms with Crippen molar-refractivity contribution < 1.29 is 104 Å². The van der Waals surface area contributed by atoms with Gasteiger partial charge in [-0.2, -0.15) is 3.89 Å². The predicted octanol–water partition coefficient (Wildman–Crippen LogP) is 5.29. The lowest BCUT2D eigenvalue weighted by Gasteiger charge is -2.27. The molecule has 3 N–H and O–H groups in total. The molecule has 4 unspecified atom stereocenters. The van der Waals surface area contributed by atoms with E-state index in [1.165, 1.54) is 42.3 Å². The second-order valence-electron chi connectivity index (χ2n) is 22.0. The number of carbonyl (C=O) groups excluding carboxylic acids is 6. The highest BCUT2D eigenvalue weighted by Gasteiger charge is 2.47. The lowest BCUT2D eigenvalue weighted by Crippen LogP contribution is -2.44. The van der Waals surface area contributed by atoms with E-state index in [1.807, 2.05) is 83.1 Å². The molecule has 0 saturated carbocycles. The summed E-state index contributed by atoms with van der Waals surface area (Å²) in [6.07, 6.45) is -0.756. The fourth-order valence-electron chi connectivity index (χ4n) is 10.1. The number of aliphatic hydroxyl groups excluding tert-OH is 3. The zero-order valence-corrected chi connectivity index (χ0v) is 53.9. The maximum Gasteiger partial charge on any atom is 0.328 e. The summed E-state index contributed by atoms with van der Waals surface area (Å²) in [5.41, 5.74) is 0. The minimum absolute atomic E-state index is 0.0746. The van der Waals surface area contributed by atoms with Gasteiger partial charge in [0.1, 0.15) is 55.7 Å². The monoisotopic (exact) mass is 1260 g/mol. The quantitative estimate of drug-likeness (QED) is 0.0644. The number of aliphatic hydroxyl groups is 3. The molecule has 27 nitrogen and oxygen atoms in total. The number of nitrogens with zero attached hydrogens (tertiary/aromatic N) is 6. The van der Waals surface area contributed by atoms with Crippen LogP contribution in [0, 0.1) is 17.8 Å². The number of aromatic nitrogens is 3. The molecule has 3 fully saturated rings. The highest BCUT2D eigenvalue weighted by Crippen LogP contribution is 2.36. The summed E-state index contributed by atoms with van der Waals surface area (Å²) in [5, 5.41) is 41.5. The van der Waals surface area contributed by atoms with Gasteiger partial charge in [0.15, 0.2) is 17.3 Å².